The second-order valence-corrected chi connectivity index (χ2v) is 7.89. The Morgan fingerprint density at radius 2 is 2.18 bits per heavy atom. The minimum absolute atomic E-state index is 0.101. The molecular weight excluding hydrogens is 374 g/mol. The Kier molecular flexibility index (Phi) is 5.54. The number of esters is 1. The third-order valence-corrected chi connectivity index (χ3v) is 5.95. The molecule has 4 rings (SSSR count). The second kappa shape index (κ2) is 8.24. The SMILES string of the molecule is CCOC(=O)[C@@H]1CCCN(Cc2nc3scc(-c4ccccc4)c3c(=O)[nH]2)C1. The van der Waals surface area contributed by atoms with E-state index < -0.39 is 0 Å². The number of carbonyl (C=O) groups is 1. The average Bonchev–Trinajstić information content (AvgIpc) is 3.14. The van der Waals surface area contributed by atoms with Crippen molar-refractivity contribution in [1.29, 1.82) is 0 Å². The van der Waals surface area contributed by atoms with Crippen LogP contribution >= 0.6 is 11.3 Å². The van der Waals surface area contributed by atoms with Crippen molar-refractivity contribution in [3.63, 3.8) is 0 Å². The number of ether oxygens (including phenoxy) is 1. The number of hydrogen-bond acceptors (Lipinski definition) is 6. The molecule has 2 aromatic heterocycles. The number of benzene rings is 1. The predicted molar refractivity (Wildman–Crippen MR) is 110 cm³/mol. The van der Waals surface area contributed by atoms with Crippen molar-refractivity contribution >= 4 is 27.5 Å². The first-order chi connectivity index (χ1) is 13.7. The number of H-pyrrole nitrogens is 1. The Hall–Kier alpha value is -2.51. The quantitative estimate of drug-likeness (QED) is 0.668. The fourth-order valence-electron chi connectivity index (χ4n) is 3.76. The van der Waals surface area contributed by atoms with Crippen LogP contribution < -0.4 is 5.56 Å². The summed E-state index contributed by atoms with van der Waals surface area (Å²) in [7, 11) is 0. The molecule has 0 saturated carbocycles. The minimum Gasteiger partial charge on any atom is -0.466 e. The van der Waals surface area contributed by atoms with Crippen molar-refractivity contribution in [3.05, 3.63) is 51.9 Å². The number of aromatic amines is 1. The number of fused-ring (bicyclic) bond motifs is 1. The number of nitrogens with zero attached hydrogens (tertiary/aromatic N) is 2. The Labute approximate surface area is 167 Å². The summed E-state index contributed by atoms with van der Waals surface area (Å²) >= 11 is 1.49. The third-order valence-electron chi connectivity index (χ3n) is 5.08. The Bertz CT molecular complexity index is 1030. The van der Waals surface area contributed by atoms with E-state index in [1.165, 1.54) is 11.3 Å². The summed E-state index contributed by atoms with van der Waals surface area (Å²) in [6.07, 6.45) is 1.79. The highest BCUT2D eigenvalue weighted by molar-refractivity contribution is 7.17. The van der Waals surface area contributed by atoms with E-state index in [1.54, 1.807) is 0 Å². The Morgan fingerprint density at radius 1 is 1.36 bits per heavy atom. The summed E-state index contributed by atoms with van der Waals surface area (Å²) in [4.78, 5) is 35.4. The molecule has 1 aliphatic rings. The smallest absolute Gasteiger partial charge is 0.310 e. The van der Waals surface area contributed by atoms with Gasteiger partial charge in [0.15, 0.2) is 0 Å². The molecule has 0 spiro atoms. The molecule has 3 heterocycles. The number of hydrogen-bond donors (Lipinski definition) is 1. The van der Waals surface area contributed by atoms with Gasteiger partial charge in [0.05, 0.1) is 24.5 Å². The molecule has 1 saturated heterocycles. The molecule has 7 heteroatoms. The van der Waals surface area contributed by atoms with Gasteiger partial charge in [-0.15, -0.1) is 11.3 Å². The molecule has 146 valence electrons. The number of thiophene rings is 1. The van der Waals surface area contributed by atoms with Gasteiger partial charge in [0.1, 0.15) is 10.7 Å². The maximum Gasteiger partial charge on any atom is 0.310 e. The monoisotopic (exact) mass is 397 g/mol. The van der Waals surface area contributed by atoms with Gasteiger partial charge in [-0.3, -0.25) is 14.5 Å². The highest BCUT2D eigenvalue weighted by Crippen LogP contribution is 2.30. The number of rotatable bonds is 5. The highest BCUT2D eigenvalue weighted by Gasteiger charge is 2.27. The maximum absolute atomic E-state index is 12.8. The van der Waals surface area contributed by atoms with Crippen LogP contribution in [0, 0.1) is 5.92 Å². The molecule has 0 radical (unpaired) electrons. The minimum atomic E-state index is -0.130. The summed E-state index contributed by atoms with van der Waals surface area (Å²) < 4.78 is 5.16. The summed E-state index contributed by atoms with van der Waals surface area (Å²) in [5.41, 5.74) is 1.82. The van der Waals surface area contributed by atoms with Gasteiger partial charge in [0.2, 0.25) is 0 Å². The molecule has 0 aliphatic carbocycles. The third kappa shape index (κ3) is 3.86. The Morgan fingerprint density at radius 3 is 2.96 bits per heavy atom. The highest BCUT2D eigenvalue weighted by atomic mass is 32.1. The van der Waals surface area contributed by atoms with Crippen LogP contribution in [0.5, 0.6) is 0 Å². The Balaban J connectivity index is 1.56. The molecule has 6 nitrogen and oxygen atoms in total. The molecule has 1 atom stereocenters. The van der Waals surface area contributed by atoms with E-state index in [-0.39, 0.29) is 17.4 Å². The lowest BCUT2D eigenvalue weighted by Gasteiger charge is -2.30. The first-order valence-corrected chi connectivity index (χ1v) is 10.5. The van der Waals surface area contributed by atoms with Crippen molar-refractivity contribution in [2.45, 2.75) is 26.3 Å². The lowest BCUT2D eigenvalue weighted by atomic mass is 9.98. The molecule has 28 heavy (non-hydrogen) atoms. The zero-order valence-corrected chi connectivity index (χ0v) is 16.6. The summed E-state index contributed by atoms with van der Waals surface area (Å²) in [5, 5.41) is 2.63. The molecule has 1 N–H and O–H groups in total. The van der Waals surface area contributed by atoms with E-state index in [1.807, 2.05) is 42.6 Å². The van der Waals surface area contributed by atoms with Crippen molar-refractivity contribution < 1.29 is 9.53 Å². The zero-order chi connectivity index (χ0) is 19.5. The fraction of sp³-hybridized carbons (Fsp3) is 0.381. The second-order valence-electron chi connectivity index (χ2n) is 7.03. The van der Waals surface area contributed by atoms with Gasteiger partial charge < -0.3 is 9.72 Å². The summed E-state index contributed by atoms with van der Waals surface area (Å²) in [5.74, 6) is 0.411. The van der Waals surface area contributed by atoms with E-state index in [0.29, 0.717) is 30.9 Å². The molecule has 0 bridgehead atoms. The lowest BCUT2D eigenvalue weighted by molar-refractivity contribution is -0.150. The topological polar surface area (TPSA) is 75.3 Å². The first kappa shape index (κ1) is 18.8. The number of nitrogens with one attached hydrogen (secondary N) is 1. The molecule has 1 fully saturated rings. The van der Waals surface area contributed by atoms with Crippen LogP contribution in [0.15, 0.2) is 40.5 Å². The normalized spacial score (nSPS) is 17.7. The molecule has 0 amide bonds. The van der Waals surface area contributed by atoms with Crippen molar-refractivity contribution in [2.75, 3.05) is 19.7 Å². The predicted octanol–water partition coefficient (Wildman–Crippen LogP) is 3.43. The number of likely N-dealkylation sites (tertiary alicyclic amines) is 1. The van der Waals surface area contributed by atoms with Gasteiger partial charge in [-0.25, -0.2) is 4.98 Å². The van der Waals surface area contributed by atoms with Gasteiger partial charge in [0, 0.05) is 17.5 Å². The lowest BCUT2D eigenvalue weighted by Crippen LogP contribution is -2.39. The average molecular weight is 398 g/mol. The summed E-state index contributed by atoms with van der Waals surface area (Å²) in [6.45, 7) is 4.29. The molecular formula is C21H23N3O3S. The van der Waals surface area contributed by atoms with E-state index in [9.17, 15) is 9.59 Å². The van der Waals surface area contributed by atoms with E-state index in [0.717, 1.165) is 35.3 Å². The van der Waals surface area contributed by atoms with Gasteiger partial charge in [-0.2, -0.15) is 0 Å². The molecule has 0 unspecified atom stereocenters. The van der Waals surface area contributed by atoms with Crippen molar-refractivity contribution in [2.24, 2.45) is 5.92 Å². The van der Waals surface area contributed by atoms with E-state index >= 15 is 0 Å². The molecule has 1 aliphatic heterocycles. The van der Waals surface area contributed by atoms with Crippen LogP contribution in [0.1, 0.15) is 25.6 Å². The van der Waals surface area contributed by atoms with Crippen molar-refractivity contribution in [3.8, 4) is 11.1 Å². The number of aromatic nitrogens is 2. The van der Waals surface area contributed by atoms with Crippen LogP contribution in [-0.4, -0.2) is 40.5 Å². The van der Waals surface area contributed by atoms with Crippen molar-refractivity contribution in [1.82, 2.24) is 14.9 Å². The maximum atomic E-state index is 12.8. The number of carbonyl (C=O) groups excluding carboxylic acids is 1. The summed E-state index contributed by atoms with van der Waals surface area (Å²) in [6, 6.07) is 9.88. The number of piperidine rings is 1. The fourth-order valence-corrected chi connectivity index (χ4v) is 4.73. The van der Waals surface area contributed by atoms with Crippen LogP contribution in [0.2, 0.25) is 0 Å². The van der Waals surface area contributed by atoms with Gasteiger partial charge >= 0.3 is 5.97 Å². The van der Waals surface area contributed by atoms with E-state index in [4.69, 9.17) is 4.74 Å². The molecule has 1 aromatic carbocycles. The van der Waals surface area contributed by atoms with Gasteiger partial charge in [-0.05, 0) is 31.9 Å². The van der Waals surface area contributed by atoms with Crippen LogP contribution in [0.4, 0.5) is 0 Å². The zero-order valence-electron chi connectivity index (χ0n) is 15.8. The van der Waals surface area contributed by atoms with Gasteiger partial charge in [-0.1, -0.05) is 30.3 Å². The molecule has 3 aromatic rings. The first-order valence-electron chi connectivity index (χ1n) is 9.60. The van der Waals surface area contributed by atoms with Crippen LogP contribution in [-0.2, 0) is 16.1 Å². The standard InChI is InChI=1S/C21H23N3O3S/c1-2-27-21(26)15-9-6-10-24(11-15)12-17-22-19(25)18-16(13-28-20(18)23-17)14-7-4-3-5-8-14/h3-5,7-8,13,15H,2,6,9-12H2,1H3,(H,22,23,25)/t15-/m1/s1. The largest absolute Gasteiger partial charge is 0.466 e. The van der Waals surface area contributed by atoms with Gasteiger partial charge in [0.25, 0.3) is 5.56 Å². The van der Waals surface area contributed by atoms with Crippen LogP contribution in [0.3, 0.4) is 0 Å². The van der Waals surface area contributed by atoms with E-state index in [2.05, 4.69) is 14.9 Å². The van der Waals surface area contributed by atoms with Crippen LogP contribution in [0.25, 0.3) is 21.3 Å².